The van der Waals surface area contributed by atoms with Gasteiger partial charge in [-0.15, -0.1) is 0 Å². The summed E-state index contributed by atoms with van der Waals surface area (Å²) < 4.78 is 26.2. The van der Waals surface area contributed by atoms with Crippen molar-refractivity contribution in [2.24, 2.45) is 10.8 Å². The third-order valence-electron chi connectivity index (χ3n) is 2.76. The van der Waals surface area contributed by atoms with Crippen LogP contribution in [0.25, 0.3) is 0 Å². The fraction of sp³-hybridized carbons (Fsp3) is 0.923. The summed E-state index contributed by atoms with van der Waals surface area (Å²) in [7, 11) is -3.26. The van der Waals surface area contributed by atoms with Crippen LogP contribution in [-0.4, -0.2) is 31.8 Å². The highest BCUT2D eigenvalue weighted by Gasteiger charge is 2.23. The van der Waals surface area contributed by atoms with E-state index in [1.165, 1.54) is 0 Å². The van der Waals surface area contributed by atoms with E-state index in [-0.39, 0.29) is 23.0 Å². The maximum Gasteiger partial charge on any atom is 0.303 e. The molecule has 0 aliphatic heterocycles. The summed E-state index contributed by atoms with van der Waals surface area (Å²) in [5, 5.41) is 8.65. The highest BCUT2D eigenvalue weighted by atomic mass is 32.2. The molecular formula is C13H27NO4S. The molecule has 0 saturated carbocycles. The summed E-state index contributed by atoms with van der Waals surface area (Å²) in [6, 6.07) is 0. The van der Waals surface area contributed by atoms with Crippen molar-refractivity contribution in [3.05, 3.63) is 0 Å². The number of carbonyl (C=O) groups is 1. The van der Waals surface area contributed by atoms with Crippen molar-refractivity contribution < 1.29 is 18.3 Å². The van der Waals surface area contributed by atoms with E-state index in [0.717, 1.165) is 0 Å². The molecule has 2 N–H and O–H groups in total. The predicted molar refractivity (Wildman–Crippen MR) is 76.5 cm³/mol. The van der Waals surface area contributed by atoms with Crippen LogP contribution in [0.4, 0.5) is 0 Å². The van der Waals surface area contributed by atoms with E-state index in [4.69, 9.17) is 5.11 Å². The van der Waals surface area contributed by atoms with Crippen LogP contribution in [0.5, 0.6) is 0 Å². The number of carboxylic acid groups (broad SMARTS) is 1. The molecule has 0 aliphatic rings. The van der Waals surface area contributed by atoms with Gasteiger partial charge in [-0.3, -0.25) is 4.79 Å². The summed E-state index contributed by atoms with van der Waals surface area (Å²) >= 11 is 0. The van der Waals surface area contributed by atoms with E-state index in [1.54, 1.807) is 0 Å². The minimum atomic E-state index is -3.26. The van der Waals surface area contributed by atoms with Gasteiger partial charge in [0.1, 0.15) is 0 Å². The number of hydrogen-bond acceptors (Lipinski definition) is 3. The number of hydrogen-bond donors (Lipinski definition) is 2. The Labute approximate surface area is 116 Å². The Balaban J connectivity index is 4.18. The minimum Gasteiger partial charge on any atom is -0.481 e. The van der Waals surface area contributed by atoms with Crippen LogP contribution >= 0.6 is 0 Å². The first-order valence-corrected chi connectivity index (χ1v) is 8.17. The molecule has 0 aliphatic carbocycles. The van der Waals surface area contributed by atoms with Crippen LogP contribution in [0.3, 0.4) is 0 Å². The lowest BCUT2D eigenvalue weighted by Gasteiger charge is -2.24. The first-order chi connectivity index (χ1) is 8.33. The summed E-state index contributed by atoms with van der Waals surface area (Å²) in [6.07, 6.45) is 1.29. The van der Waals surface area contributed by atoms with Gasteiger partial charge in [0.05, 0.1) is 5.75 Å². The Morgan fingerprint density at radius 2 is 1.63 bits per heavy atom. The molecule has 0 saturated heterocycles. The van der Waals surface area contributed by atoms with Crippen molar-refractivity contribution in [3.63, 3.8) is 0 Å². The van der Waals surface area contributed by atoms with Gasteiger partial charge < -0.3 is 5.11 Å². The van der Waals surface area contributed by atoms with Gasteiger partial charge >= 0.3 is 5.97 Å². The molecule has 0 radical (unpaired) electrons. The number of rotatable bonds is 8. The molecule has 0 atom stereocenters. The molecule has 0 bridgehead atoms. The summed E-state index contributed by atoms with van der Waals surface area (Å²) in [4.78, 5) is 10.5. The second-order valence-corrected chi connectivity index (χ2v) is 8.83. The molecule has 0 aromatic heterocycles. The second-order valence-electron chi connectivity index (χ2n) is 7.02. The van der Waals surface area contributed by atoms with Gasteiger partial charge in [0.2, 0.25) is 10.0 Å². The highest BCUT2D eigenvalue weighted by Crippen LogP contribution is 2.26. The first-order valence-electron chi connectivity index (χ1n) is 6.52. The maximum atomic E-state index is 11.8. The lowest BCUT2D eigenvalue weighted by atomic mass is 9.84. The molecule has 0 aromatic carbocycles. The standard InChI is InChI=1S/C13H27NO4S/c1-12(2,3)10-19(17,18)14-9-8-13(4,5)7-6-11(15)16/h14H,6-10H2,1-5H3,(H,15,16). The smallest absolute Gasteiger partial charge is 0.303 e. The number of nitrogens with one attached hydrogen (secondary N) is 1. The van der Waals surface area contributed by atoms with Crippen molar-refractivity contribution in [3.8, 4) is 0 Å². The van der Waals surface area contributed by atoms with Gasteiger partial charge in [-0.2, -0.15) is 0 Å². The van der Waals surface area contributed by atoms with Gasteiger partial charge in [0, 0.05) is 13.0 Å². The average Bonchev–Trinajstić information content (AvgIpc) is 2.10. The Morgan fingerprint density at radius 3 is 2.05 bits per heavy atom. The second kappa shape index (κ2) is 6.70. The van der Waals surface area contributed by atoms with E-state index < -0.39 is 16.0 Å². The molecule has 6 heteroatoms. The van der Waals surface area contributed by atoms with Crippen molar-refractivity contribution in [1.29, 1.82) is 0 Å². The molecule has 19 heavy (non-hydrogen) atoms. The van der Waals surface area contributed by atoms with Crippen molar-refractivity contribution in [1.82, 2.24) is 4.72 Å². The summed E-state index contributed by atoms with van der Waals surface area (Å²) in [6.45, 7) is 9.89. The van der Waals surface area contributed by atoms with Gasteiger partial charge in [-0.05, 0) is 23.7 Å². The Hall–Kier alpha value is -0.620. The number of carboxylic acids is 1. The monoisotopic (exact) mass is 293 g/mol. The lowest BCUT2D eigenvalue weighted by molar-refractivity contribution is -0.137. The molecule has 5 nitrogen and oxygen atoms in total. The minimum absolute atomic E-state index is 0.0928. The third-order valence-corrected chi connectivity index (χ3v) is 4.65. The molecule has 114 valence electrons. The zero-order valence-corrected chi connectivity index (χ0v) is 13.4. The highest BCUT2D eigenvalue weighted by molar-refractivity contribution is 7.89. The summed E-state index contributed by atoms with van der Waals surface area (Å²) in [5.41, 5.74) is -0.451. The van der Waals surface area contributed by atoms with Crippen LogP contribution in [-0.2, 0) is 14.8 Å². The molecule has 0 aromatic rings. The molecule has 0 heterocycles. The topological polar surface area (TPSA) is 83.5 Å². The SMILES string of the molecule is CC(C)(C)CS(=O)(=O)NCCC(C)(C)CCC(=O)O. The van der Waals surface area contributed by atoms with Crippen LogP contribution in [0.2, 0.25) is 0 Å². The Bertz CT molecular complexity index is 393. The number of sulfonamides is 1. The van der Waals surface area contributed by atoms with Crippen LogP contribution in [0.1, 0.15) is 53.9 Å². The van der Waals surface area contributed by atoms with Gasteiger partial charge in [-0.25, -0.2) is 13.1 Å². The van der Waals surface area contributed by atoms with Crippen molar-refractivity contribution in [2.45, 2.75) is 53.9 Å². The van der Waals surface area contributed by atoms with E-state index in [0.29, 0.717) is 19.4 Å². The van der Waals surface area contributed by atoms with E-state index in [9.17, 15) is 13.2 Å². The van der Waals surface area contributed by atoms with Gasteiger partial charge in [0.25, 0.3) is 0 Å². The largest absolute Gasteiger partial charge is 0.481 e. The van der Waals surface area contributed by atoms with Gasteiger partial charge in [0.15, 0.2) is 0 Å². The predicted octanol–water partition coefficient (Wildman–Crippen LogP) is 2.23. The van der Waals surface area contributed by atoms with Crippen molar-refractivity contribution in [2.75, 3.05) is 12.3 Å². The quantitative estimate of drug-likeness (QED) is 0.719. The molecule has 0 amide bonds. The van der Waals surface area contributed by atoms with Crippen molar-refractivity contribution >= 4 is 16.0 Å². The first kappa shape index (κ1) is 18.4. The van der Waals surface area contributed by atoms with Crippen LogP contribution in [0.15, 0.2) is 0 Å². The Morgan fingerprint density at radius 1 is 1.11 bits per heavy atom. The van der Waals surface area contributed by atoms with E-state index in [2.05, 4.69) is 4.72 Å². The van der Waals surface area contributed by atoms with E-state index >= 15 is 0 Å². The Kier molecular flexibility index (Phi) is 6.48. The maximum absolute atomic E-state index is 11.8. The molecule has 0 fully saturated rings. The molecule has 0 spiro atoms. The third kappa shape index (κ3) is 10.9. The fourth-order valence-electron chi connectivity index (χ4n) is 1.74. The summed E-state index contributed by atoms with van der Waals surface area (Å²) in [5.74, 6) is -0.725. The number of aliphatic carboxylic acids is 1. The average molecular weight is 293 g/mol. The molecule has 0 rings (SSSR count). The van der Waals surface area contributed by atoms with Gasteiger partial charge in [-0.1, -0.05) is 34.6 Å². The molecular weight excluding hydrogens is 266 g/mol. The molecule has 0 unspecified atom stereocenters. The van der Waals surface area contributed by atoms with E-state index in [1.807, 2.05) is 34.6 Å². The zero-order valence-electron chi connectivity index (χ0n) is 12.6. The van der Waals surface area contributed by atoms with Crippen LogP contribution in [0, 0.1) is 10.8 Å². The van der Waals surface area contributed by atoms with Crippen LogP contribution < -0.4 is 4.72 Å². The normalized spacial score (nSPS) is 13.5. The lowest BCUT2D eigenvalue weighted by Crippen LogP contribution is -2.34. The fourth-order valence-corrected chi connectivity index (χ4v) is 3.39. The zero-order chi connectivity index (χ0) is 15.3.